The van der Waals surface area contributed by atoms with Gasteiger partial charge in [-0.15, -0.1) is 11.3 Å². The number of hydrazine groups is 1. The standard InChI is InChI=1S/C13H12N4O2S2/c18-11(7-10-4-2-6-21-10)16-17-13(20)15-12(19)9-3-1-5-14-8-9/h1-6,8H,7H2,(H,16,18)(H2,15,17,19,20). The van der Waals surface area contributed by atoms with E-state index in [9.17, 15) is 9.59 Å². The third-order valence-corrected chi connectivity index (χ3v) is 3.46. The number of carbonyl (C=O) groups is 2. The number of aromatic nitrogens is 1. The van der Waals surface area contributed by atoms with E-state index < -0.39 is 5.91 Å². The van der Waals surface area contributed by atoms with E-state index in [0.717, 1.165) is 4.88 Å². The first-order valence-corrected chi connectivity index (χ1v) is 7.26. The predicted octanol–water partition coefficient (Wildman–Crippen LogP) is 1.02. The Hall–Kier alpha value is -2.32. The molecule has 0 radical (unpaired) electrons. The van der Waals surface area contributed by atoms with Gasteiger partial charge in [-0.2, -0.15) is 0 Å². The lowest BCUT2D eigenvalue weighted by atomic mass is 10.3. The van der Waals surface area contributed by atoms with Gasteiger partial charge < -0.3 is 0 Å². The molecule has 2 aromatic rings. The Morgan fingerprint density at radius 2 is 2.10 bits per heavy atom. The molecule has 2 aromatic heterocycles. The van der Waals surface area contributed by atoms with Crippen molar-refractivity contribution in [3.63, 3.8) is 0 Å². The summed E-state index contributed by atoms with van der Waals surface area (Å²) in [5.41, 5.74) is 5.28. The number of carbonyl (C=O) groups excluding carboxylic acids is 2. The number of nitrogens with one attached hydrogen (secondary N) is 3. The minimum Gasteiger partial charge on any atom is -0.298 e. The number of hydrogen-bond acceptors (Lipinski definition) is 5. The fourth-order valence-corrected chi connectivity index (χ4v) is 2.29. The van der Waals surface area contributed by atoms with Crippen LogP contribution in [0.3, 0.4) is 0 Å². The lowest BCUT2D eigenvalue weighted by Gasteiger charge is -2.10. The molecule has 0 spiro atoms. The van der Waals surface area contributed by atoms with Crippen LogP contribution in [0.25, 0.3) is 0 Å². The first kappa shape index (κ1) is 15.1. The quantitative estimate of drug-likeness (QED) is 0.581. The normalized spacial score (nSPS) is 9.71. The van der Waals surface area contributed by atoms with Crippen molar-refractivity contribution in [2.24, 2.45) is 0 Å². The zero-order valence-corrected chi connectivity index (χ0v) is 12.5. The highest BCUT2D eigenvalue weighted by Gasteiger charge is 2.08. The molecule has 2 rings (SSSR count). The van der Waals surface area contributed by atoms with E-state index >= 15 is 0 Å². The highest BCUT2D eigenvalue weighted by Crippen LogP contribution is 2.08. The number of pyridine rings is 1. The van der Waals surface area contributed by atoms with Gasteiger partial charge in [-0.25, -0.2) is 0 Å². The zero-order chi connectivity index (χ0) is 15.1. The molecule has 21 heavy (non-hydrogen) atoms. The van der Waals surface area contributed by atoms with Crippen molar-refractivity contribution in [1.82, 2.24) is 21.2 Å². The Bertz CT molecular complexity index is 629. The van der Waals surface area contributed by atoms with Crippen molar-refractivity contribution in [2.45, 2.75) is 6.42 Å². The Kier molecular flexibility index (Phi) is 5.35. The summed E-state index contributed by atoms with van der Waals surface area (Å²) < 4.78 is 0. The second-order valence-electron chi connectivity index (χ2n) is 3.95. The van der Waals surface area contributed by atoms with Gasteiger partial charge in [0.15, 0.2) is 5.11 Å². The summed E-state index contributed by atoms with van der Waals surface area (Å²) in [7, 11) is 0. The van der Waals surface area contributed by atoms with Gasteiger partial charge in [-0.3, -0.25) is 30.7 Å². The highest BCUT2D eigenvalue weighted by molar-refractivity contribution is 7.80. The van der Waals surface area contributed by atoms with Crippen molar-refractivity contribution in [1.29, 1.82) is 0 Å². The third kappa shape index (κ3) is 4.93. The molecule has 0 bridgehead atoms. The van der Waals surface area contributed by atoms with Crippen LogP contribution < -0.4 is 16.2 Å². The Morgan fingerprint density at radius 1 is 1.24 bits per heavy atom. The Morgan fingerprint density at radius 3 is 2.76 bits per heavy atom. The number of nitrogens with zero attached hydrogens (tertiary/aromatic N) is 1. The van der Waals surface area contributed by atoms with Crippen LogP contribution in [0.5, 0.6) is 0 Å². The number of thiophene rings is 1. The molecular weight excluding hydrogens is 308 g/mol. The van der Waals surface area contributed by atoms with Crippen molar-refractivity contribution in [3.8, 4) is 0 Å². The molecule has 0 aliphatic rings. The number of thiocarbonyl (C=S) groups is 1. The summed E-state index contributed by atoms with van der Waals surface area (Å²) in [5.74, 6) is -0.636. The smallest absolute Gasteiger partial charge is 0.259 e. The van der Waals surface area contributed by atoms with E-state index in [4.69, 9.17) is 12.2 Å². The van der Waals surface area contributed by atoms with Crippen molar-refractivity contribution >= 4 is 40.5 Å². The minimum atomic E-state index is -0.395. The van der Waals surface area contributed by atoms with Crippen LogP contribution in [0.15, 0.2) is 42.0 Å². The molecule has 108 valence electrons. The van der Waals surface area contributed by atoms with Crippen LogP contribution in [0.2, 0.25) is 0 Å². The van der Waals surface area contributed by atoms with Gasteiger partial charge in [0.1, 0.15) is 0 Å². The van der Waals surface area contributed by atoms with Crippen LogP contribution in [0.4, 0.5) is 0 Å². The largest absolute Gasteiger partial charge is 0.298 e. The van der Waals surface area contributed by atoms with E-state index in [1.807, 2.05) is 17.5 Å². The van der Waals surface area contributed by atoms with Crippen LogP contribution in [-0.4, -0.2) is 21.9 Å². The maximum absolute atomic E-state index is 11.8. The fraction of sp³-hybridized carbons (Fsp3) is 0.0769. The molecule has 0 saturated carbocycles. The van der Waals surface area contributed by atoms with E-state index in [-0.39, 0.29) is 17.4 Å². The molecule has 0 aliphatic heterocycles. The van der Waals surface area contributed by atoms with E-state index in [1.165, 1.54) is 17.5 Å². The molecule has 3 N–H and O–H groups in total. The van der Waals surface area contributed by atoms with Gasteiger partial charge in [-0.05, 0) is 35.8 Å². The summed E-state index contributed by atoms with van der Waals surface area (Å²) >= 11 is 6.42. The monoisotopic (exact) mass is 320 g/mol. The fourth-order valence-electron chi connectivity index (χ4n) is 1.45. The molecule has 2 heterocycles. The Labute approximate surface area is 130 Å². The van der Waals surface area contributed by atoms with Crippen molar-refractivity contribution < 1.29 is 9.59 Å². The molecule has 0 fully saturated rings. The molecule has 2 amide bonds. The molecule has 0 aliphatic carbocycles. The molecule has 6 nitrogen and oxygen atoms in total. The number of amides is 2. The van der Waals surface area contributed by atoms with Gasteiger partial charge >= 0.3 is 0 Å². The molecule has 0 saturated heterocycles. The second-order valence-corrected chi connectivity index (χ2v) is 5.39. The lowest BCUT2D eigenvalue weighted by Crippen LogP contribution is -2.48. The molecule has 0 unspecified atom stereocenters. The summed E-state index contributed by atoms with van der Waals surface area (Å²) in [6.07, 6.45) is 3.25. The average Bonchev–Trinajstić information content (AvgIpc) is 2.99. The van der Waals surface area contributed by atoms with Crippen molar-refractivity contribution in [2.75, 3.05) is 0 Å². The van der Waals surface area contributed by atoms with Crippen LogP contribution in [0.1, 0.15) is 15.2 Å². The van der Waals surface area contributed by atoms with E-state index in [2.05, 4.69) is 21.2 Å². The number of rotatable bonds is 3. The van der Waals surface area contributed by atoms with Crippen LogP contribution in [-0.2, 0) is 11.2 Å². The third-order valence-electron chi connectivity index (χ3n) is 2.38. The van der Waals surface area contributed by atoms with Gasteiger partial charge in [-0.1, -0.05) is 6.07 Å². The zero-order valence-electron chi connectivity index (χ0n) is 10.8. The molecule has 8 heteroatoms. The summed E-state index contributed by atoms with van der Waals surface area (Å²) in [5, 5.41) is 4.35. The maximum Gasteiger partial charge on any atom is 0.259 e. The van der Waals surface area contributed by atoms with E-state index in [0.29, 0.717) is 5.56 Å². The molecule has 0 aromatic carbocycles. The van der Waals surface area contributed by atoms with Crippen molar-refractivity contribution in [3.05, 3.63) is 52.5 Å². The lowest BCUT2D eigenvalue weighted by molar-refractivity contribution is -0.120. The first-order chi connectivity index (χ1) is 10.1. The van der Waals surface area contributed by atoms with Crippen LogP contribution in [0, 0.1) is 0 Å². The summed E-state index contributed by atoms with van der Waals surface area (Å²) in [4.78, 5) is 28.2. The van der Waals surface area contributed by atoms with Gasteiger partial charge in [0.25, 0.3) is 5.91 Å². The first-order valence-electron chi connectivity index (χ1n) is 5.98. The minimum absolute atomic E-state index is 0.0170. The molecular formula is C13H12N4O2S2. The topological polar surface area (TPSA) is 83.1 Å². The summed E-state index contributed by atoms with van der Waals surface area (Å²) in [6, 6.07) is 7.00. The molecule has 0 atom stereocenters. The average molecular weight is 320 g/mol. The van der Waals surface area contributed by atoms with Crippen LogP contribution >= 0.6 is 23.6 Å². The SMILES string of the molecule is O=C(Cc1cccs1)NNC(=S)NC(=O)c1cccnc1. The second kappa shape index (κ2) is 7.46. The Balaban J connectivity index is 1.75. The van der Waals surface area contributed by atoms with Gasteiger partial charge in [0.2, 0.25) is 5.91 Å². The van der Waals surface area contributed by atoms with Gasteiger partial charge in [0.05, 0.1) is 12.0 Å². The maximum atomic E-state index is 11.8. The van der Waals surface area contributed by atoms with E-state index in [1.54, 1.807) is 18.3 Å². The number of hydrogen-bond donors (Lipinski definition) is 3. The predicted molar refractivity (Wildman–Crippen MR) is 83.6 cm³/mol. The summed E-state index contributed by atoms with van der Waals surface area (Å²) in [6.45, 7) is 0. The highest BCUT2D eigenvalue weighted by atomic mass is 32.1. The van der Waals surface area contributed by atoms with Gasteiger partial charge in [0, 0.05) is 17.3 Å².